The van der Waals surface area contributed by atoms with E-state index in [9.17, 15) is 18.8 Å². The smallest absolute Gasteiger partial charge is 0.328 e. The number of carboxylic acid groups (broad SMARTS) is 1. The summed E-state index contributed by atoms with van der Waals surface area (Å²) in [6.07, 6.45) is 2.23. The van der Waals surface area contributed by atoms with E-state index in [1.807, 2.05) is 5.32 Å². The number of nitrogens with one attached hydrogen (secondary N) is 2. The molecular weight excluding hydrogens is 386 g/mol. The molecule has 26 heavy (non-hydrogen) atoms. The molecule has 0 atom stereocenters. The number of carboxylic acids is 1. The van der Waals surface area contributed by atoms with Gasteiger partial charge >= 0.3 is 12.0 Å². The van der Waals surface area contributed by atoms with Crippen LogP contribution in [0.4, 0.5) is 14.9 Å². The number of aliphatic carboxylic acids is 1. The minimum absolute atomic E-state index is 0.0764. The van der Waals surface area contributed by atoms with Gasteiger partial charge in [-0.3, -0.25) is 10.1 Å². The van der Waals surface area contributed by atoms with E-state index in [1.54, 1.807) is 6.07 Å². The average Bonchev–Trinajstić information content (AvgIpc) is 2.55. The molecule has 9 heteroatoms. The van der Waals surface area contributed by atoms with Gasteiger partial charge in [0, 0.05) is 6.08 Å². The van der Waals surface area contributed by atoms with Crippen LogP contribution in [-0.4, -0.2) is 23.0 Å². The molecule has 0 radical (unpaired) electrons. The van der Waals surface area contributed by atoms with E-state index in [1.165, 1.54) is 18.2 Å². The Kier molecular flexibility index (Phi) is 6.32. The van der Waals surface area contributed by atoms with Crippen LogP contribution in [0.3, 0.4) is 0 Å². The van der Waals surface area contributed by atoms with Crippen molar-refractivity contribution in [1.29, 1.82) is 0 Å². The maximum atomic E-state index is 13.0. The number of carbonyl (C=O) groups is 3. The second-order valence-electron chi connectivity index (χ2n) is 4.94. The SMILES string of the molecule is O=C(O)/C=C/c1ccc(Cl)c(NC(=O)NC(=O)c2ccc(F)cc2Cl)c1. The molecule has 0 heterocycles. The van der Waals surface area contributed by atoms with Gasteiger partial charge in [0.05, 0.1) is 21.3 Å². The Morgan fingerprint density at radius 3 is 2.42 bits per heavy atom. The lowest BCUT2D eigenvalue weighted by atomic mass is 10.2. The van der Waals surface area contributed by atoms with E-state index in [4.69, 9.17) is 28.3 Å². The predicted molar refractivity (Wildman–Crippen MR) is 96.0 cm³/mol. The molecule has 0 aliphatic rings. The molecule has 6 nitrogen and oxygen atoms in total. The van der Waals surface area contributed by atoms with E-state index in [0.717, 1.165) is 24.3 Å². The van der Waals surface area contributed by atoms with Crippen LogP contribution in [0.15, 0.2) is 42.5 Å². The van der Waals surface area contributed by atoms with Crippen molar-refractivity contribution in [3.05, 3.63) is 69.5 Å². The maximum Gasteiger partial charge on any atom is 0.328 e. The van der Waals surface area contributed by atoms with Crippen molar-refractivity contribution in [2.75, 3.05) is 5.32 Å². The highest BCUT2D eigenvalue weighted by Crippen LogP contribution is 2.24. The number of carbonyl (C=O) groups excluding carboxylic acids is 2. The highest BCUT2D eigenvalue weighted by molar-refractivity contribution is 6.35. The molecular formula is C17H11Cl2FN2O4. The molecule has 134 valence electrons. The van der Waals surface area contributed by atoms with Crippen molar-refractivity contribution in [3.8, 4) is 0 Å². The minimum Gasteiger partial charge on any atom is -0.478 e. The fourth-order valence-corrected chi connectivity index (χ4v) is 2.33. The lowest BCUT2D eigenvalue weighted by molar-refractivity contribution is -0.131. The van der Waals surface area contributed by atoms with Crippen molar-refractivity contribution in [2.45, 2.75) is 0 Å². The van der Waals surface area contributed by atoms with Gasteiger partial charge in [-0.15, -0.1) is 0 Å². The van der Waals surface area contributed by atoms with Crippen LogP contribution in [0.2, 0.25) is 10.0 Å². The molecule has 2 aromatic rings. The zero-order valence-corrected chi connectivity index (χ0v) is 14.4. The van der Waals surface area contributed by atoms with E-state index in [2.05, 4.69) is 5.32 Å². The van der Waals surface area contributed by atoms with Crippen LogP contribution >= 0.6 is 23.2 Å². The average molecular weight is 397 g/mol. The maximum absolute atomic E-state index is 13.0. The lowest BCUT2D eigenvalue weighted by Gasteiger charge is -2.10. The summed E-state index contributed by atoms with van der Waals surface area (Å²) in [4.78, 5) is 34.5. The summed E-state index contributed by atoms with van der Waals surface area (Å²) in [5.41, 5.74) is 0.558. The van der Waals surface area contributed by atoms with Gasteiger partial charge in [0.2, 0.25) is 0 Å². The summed E-state index contributed by atoms with van der Waals surface area (Å²) in [5, 5.41) is 13.1. The molecule has 0 saturated carbocycles. The van der Waals surface area contributed by atoms with Gasteiger partial charge < -0.3 is 10.4 Å². The molecule has 0 bridgehead atoms. The summed E-state index contributed by atoms with van der Waals surface area (Å²) in [7, 11) is 0. The van der Waals surface area contributed by atoms with Crippen molar-refractivity contribution in [1.82, 2.24) is 5.32 Å². The number of hydrogen-bond donors (Lipinski definition) is 3. The first-order valence-electron chi connectivity index (χ1n) is 7.04. The molecule has 0 aromatic heterocycles. The summed E-state index contributed by atoms with van der Waals surface area (Å²) < 4.78 is 13.0. The fourth-order valence-electron chi connectivity index (χ4n) is 1.91. The molecule has 0 unspecified atom stereocenters. The zero-order valence-electron chi connectivity index (χ0n) is 12.9. The molecule has 2 aromatic carbocycles. The van der Waals surface area contributed by atoms with Gasteiger partial charge in [-0.1, -0.05) is 29.3 Å². The van der Waals surface area contributed by atoms with Crippen molar-refractivity contribution < 1.29 is 23.9 Å². The van der Waals surface area contributed by atoms with Crippen molar-refractivity contribution in [2.24, 2.45) is 0 Å². The van der Waals surface area contributed by atoms with Gasteiger partial charge in [0.1, 0.15) is 5.82 Å². The highest BCUT2D eigenvalue weighted by atomic mass is 35.5. The predicted octanol–water partition coefficient (Wildman–Crippen LogP) is 4.19. The Morgan fingerprint density at radius 2 is 1.77 bits per heavy atom. The van der Waals surface area contributed by atoms with Gasteiger partial charge in [-0.25, -0.2) is 14.0 Å². The summed E-state index contributed by atoms with van der Waals surface area (Å²) in [6.45, 7) is 0. The van der Waals surface area contributed by atoms with Crippen LogP contribution < -0.4 is 10.6 Å². The van der Waals surface area contributed by atoms with Gasteiger partial charge in [-0.2, -0.15) is 0 Å². The number of urea groups is 1. The zero-order chi connectivity index (χ0) is 19.3. The first-order valence-corrected chi connectivity index (χ1v) is 7.80. The van der Waals surface area contributed by atoms with Crippen LogP contribution in [0.25, 0.3) is 6.08 Å². The Labute approximate surface area is 157 Å². The highest BCUT2D eigenvalue weighted by Gasteiger charge is 2.15. The normalized spacial score (nSPS) is 10.6. The molecule has 0 aliphatic heterocycles. The third kappa shape index (κ3) is 5.30. The number of anilines is 1. The van der Waals surface area contributed by atoms with Crippen LogP contribution in [0, 0.1) is 5.82 Å². The summed E-state index contributed by atoms with van der Waals surface area (Å²) >= 11 is 11.7. The first kappa shape index (κ1) is 19.4. The third-order valence-electron chi connectivity index (χ3n) is 3.06. The van der Waals surface area contributed by atoms with E-state index in [0.29, 0.717) is 5.56 Å². The summed E-state index contributed by atoms with van der Waals surface area (Å²) in [6, 6.07) is 6.67. The number of halogens is 3. The lowest BCUT2D eigenvalue weighted by Crippen LogP contribution is -2.34. The topological polar surface area (TPSA) is 95.5 Å². The number of rotatable bonds is 4. The van der Waals surface area contributed by atoms with Crippen molar-refractivity contribution in [3.63, 3.8) is 0 Å². The van der Waals surface area contributed by atoms with Crippen LogP contribution in [0.5, 0.6) is 0 Å². The van der Waals surface area contributed by atoms with Gasteiger partial charge in [-0.05, 0) is 42.0 Å². The number of imide groups is 1. The van der Waals surface area contributed by atoms with E-state index >= 15 is 0 Å². The Morgan fingerprint density at radius 1 is 1.04 bits per heavy atom. The largest absolute Gasteiger partial charge is 0.478 e. The van der Waals surface area contributed by atoms with Crippen molar-refractivity contribution >= 4 is 52.9 Å². The molecule has 2 rings (SSSR count). The molecule has 0 aliphatic carbocycles. The monoisotopic (exact) mass is 396 g/mol. The second kappa shape index (κ2) is 8.46. The van der Waals surface area contributed by atoms with Crippen LogP contribution in [0.1, 0.15) is 15.9 Å². The quantitative estimate of drug-likeness (QED) is 0.675. The number of amides is 3. The van der Waals surface area contributed by atoms with Gasteiger partial charge in [0.25, 0.3) is 5.91 Å². The first-order chi connectivity index (χ1) is 12.3. The second-order valence-corrected chi connectivity index (χ2v) is 5.76. The molecule has 0 fully saturated rings. The van der Waals surface area contributed by atoms with E-state index < -0.39 is 23.7 Å². The Balaban J connectivity index is 2.10. The summed E-state index contributed by atoms with van der Waals surface area (Å²) in [5.74, 6) is -2.58. The number of hydrogen-bond acceptors (Lipinski definition) is 3. The fraction of sp³-hybridized carbons (Fsp3) is 0. The molecule has 3 amide bonds. The minimum atomic E-state index is -1.13. The molecule has 3 N–H and O–H groups in total. The Hall–Kier alpha value is -2.90. The van der Waals surface area contributed by atoms with Crippen LogP contribution in [-0.2, 0) is 4.79 Å². The third-order valence-corrected chi connectivity index (χ3v) is 3.70. The molecule has 0 spiro atoms. The Bertz CT molecular complexity index is 916. The molecule has 0 saturated heterocycles. The van der Waals surface area contributed by atoms with Gasteiger partial charge in [0.15, 0.2) is 0 Å². The number of benzene rings is 2. The van der Waals surface area contributed by atoms with E-state index in [-0.39, 0.29) is 21.3 Å². The standard InChI is InChI=1S/C17H11Cl2FN2O4/c18-12-5-1-9(2-6-15(23)24)7-14(12)21-17(26)22-16(25)11-4-3-10(20)8-13(11)19/h1-8H,(H,23,24)(H2,21,22,25,26)/b6-2+.